The highest BCUT2D eigenvalue weighted by Gasteiger charge is 2.24. The fourth-order valence-corrected chi connectivity index (χ4v) is 3.05. The van der Waals surface area contributed by atoms with Gasteiger partial charge in [0.1, 0.15) is 0 Å². The Kier molecular flexibility index (Phi) is 4.28. The number of aryl methyl sites for hydroxylation is 3. The van der Waals surface area contributed by atoms with Crippen molar-refractivity contribution in [3.05, 3.63) is 34.4 Å². The van der Waals surface area contributed by atoms with E-state index in [0.29, 0.717) is 0 Å². The van der Waals surface area contributed by atoms with Gasteiger partial charge in [0, 0.05) is 5.92 Å². The molecule has 1 amide bonds. The van der Waals surface area contributed by atoms with Crippen LogP contribution >= 0.6 is 0 Å². The molecular weight excluding hydrogens is 234 g/mol. The molecule has 0 bridgehead atoms. The van der Waals surface area contributed by atoms with E-state index in [4.69, 9.17) is 0 Å². The molecule has 1 unspecified atom stereocenters. The number of carbonyl (C=O) groups excluding carboxylic acids is 1. The first-order valence-corrected chi connectivity index (χ1v) is 7.37. The van der Waals surface area contributed by atoms with Gasteiger partial charge in [0.2, 0.25) is 5.91 Å². The van der Waals surface area contributed by atoms with E-state index in [1.165, 1.54) is 35.1 Å². The van der Waals surface area contributed by atoms with E-state index >= 15 is 0 Å². The van der Waals surface area contributed by atoms with E-state index < -0.39 is 0 Å². The molecule has 1 aliphatic rings. The molecule has 0 heterocycles. The zero-order valence-corrected chi connectivity index (χ0v) is 12.5. The molecule has 2 nitrogen and oxygen atoms in total. The van der Waals surface area contributed by atoms with Crippen LogP contribution in [0.25, 0.3) is 0 Å². The number of hydrogen-bond donors (Lipinski definition) is 1. The molecule has 2 rings (SSSR count). The maximum absolute atomic E-state index is 12.2. The van der Waals surface area contributed by atoms with E-state index in [1.54, 1.807) is 0 Å². The molecule has 0 aliphatic heterocycles. The van der Waals surface area contributed by atoms with Crippen LogP contribution in [0.2, 0.25) is 0 Å². The van der Waals surface area contributed by atoms with Crippen LogP contribution in [0.3, 0.4) is 0 Å². The molecule has 1 aromatic rings. The third-order valence-electron chi connectivity index (χ3n) is 4.43. The number of rotatable bonds is 3. The summed E-state index contributed by atoms with van der Waals surface area (Å²) in [7, 11) is 0. The maximum atomic E-state index is 12.2. The lowest BCUT2D eigenvalue weighted by Crippen LogP contribution is -2.32. The van der Waals surface area contributed by atoms with Gasteiger partial charge in [-0.15, -0.1) is 0 Å². The number of hydrogen-bond acceptors (Lipinski definition) is 1. The predicted octanol–water partition coefficient (Wildman–Crippen LogP) is 3.98. The molecule has 0 spiro atoms. The van der Waals surface area contributed by atoms with Gasteiger partial charge in [0.15, 0.2) is 0 Å². The maximum Gasteiger partial charge on any atom is 0.223 e. The first kappa shape index (κ1) is 14.1. The van der Waals surface area contributed by atoms with Gasteiger partial charge in [-0.1, -0.05) is 25.0 Å². The summed E-state index contributed by atoms with van der Waals surface area (Å²) in [6.45, 7) is 8.47. The monoisotopic (exact) mass is 259 g/mol. The fraction of sp³-hybridized carbons (Fsp3) is 0.588. The average Bonchev–Trinajstić information content (AvgIpc) is 2.87. The Morgan fingerprint density at radius 3 is 2.32 bits per heavy atom. The van der Waals surface area contributed by atoms with Gasteiger partial charge in [-0.2, -0.15) is 0 Å². The summed E-state index contributed by atoms with van der Waals surface area (Å²) in [6.07, 6.45) is 4.53. The molecule has 1 aliphatic carbocycles. The Morgan fingerprint density at radius 1 is 1.11 bits per heavy atom. The summed E-state index contributed by atoms with van der Waals surface area (Å²) in [4.78, 5) is 12.2. The minimum Gasteiger partial charge on any atom is -0.349 e. The largest absolute Gasteiger partial charge is 0.349 e. The summed E-state index contributed by atoms with van der Waals surface area (Å²) in [5.74, 6) is 0.483. The second-order valence-corrected chi connectivity index (χ2v) is 6.00. The lowest BCUT2D eigenvalue weighted by Gasteiger charge is -2.20. The van der Waals surface area contributed by atoms with Crippen LogP contribution in [0, 0.1) is 26.7 Å². The molecule has 0 aromatic heterocycles. The topological polar surface area (TPSA) is 29.1 Å². The Labute approximate surface area is 116 Å². The molecular formula is C17H25NO. The van der Waals surface area contributed by atoms with Gasteiger partial charge >= 0.3 is 0 Å². The van der Waals surface area contributed by atoms with Crippen molar-refractivity contribution < 1.29 is 4.79 Å². The van der Waals surface area contributed by atoms with Gasteiger partial charge in [-0.05, 0) is 62.8 Å². The molecule has 1 saturated carbocycles. The lowest BCUT2D eigenvalue weighted by atomic mass is 9.96. The van der Waals surface area contributed by atoms with E-state index in [-0.39, 0.29) is 17.9 Å². The predicted molar refractivity (Wildman–Crippen MR) is 79.2 cm³/mol. The first-order valence-electron chi connectivity index (χ1n) is 7.37. The molecule has 19 heavy (non-hydrogen) atoms. The van der Waals surface area contributed by atoms with Crippen LogP contribution in [0.4, 0.5) is 0 Å². The minimum absolute atomic E-state index is 0.104. The fourth-order valence-electron chi connectivity index (χ4n) is 3.05. The van der Waals surface area contributed by atoms with Crippen LogP contribution in [-0.2, 0) is 4.79 Å². The Morgan fingerprint density at radius 2 is 1.68 bits per heavy atom. The average molecular weight is 259 g/mol. The van der Waals surface area contributed by atoms with E-state index in [1.807, 2.05) is 0 Å². The third-order valence-corrected chi connectivity index (χ3v) is 4.43. The van der Waals surface area contributed by atoms with Crippen LogP contribution in [0.1, 0.15) is 60.9 Å². The standard InChI is InChI=1S/C17H25NO/c1-11-9-13(3)16(10-12(11)2)14(4)18-17(19)15-7-5-6-8-15/h9-10,14-15H,5-8H2,1-4H3,(H,18,19). The van der Waals surface area contributed by atoms with Crippen molar-refractivity contribution in [2.24, 2.45) is 5.92 Å². The van der Waals surface area contributed by atoms with Crippen molar-refractivity contribution in [3.63, 3.8) is 0 Å². The molecule has 1 fully saturated rings. The second kappa shape index (κ2) is 5.77. The van der Waals surface area contributed by atoms with Crippen molar-refractivity contribution in [2.45, 2.75) is 59.4 Å². The molecule has 0 saturated heterocycles. The molecule has 0 radical (unpaired) electrons. The van der Waals surface area contributed by atoms with Crippen molar-refractivity contribution in [1.82, 2.24) is 5.32 Å². The molecule has 2 heteroatoms. The Balaban J connectivity index is 2.09. The smallest absolute Gasteiger partial charge is 0.223 e. The summed E-state index contributed by atoms with van der Waals surface area (Å²) in [6, 6.07) is 4.53. The van der Waals surface area contributed by atoms with Crippen molar-refractivity contribution in [2.75, 3.05) is 0 Å². The van der Waals surface area contributed by atoms with Gasteiger partial charge in [-0.25, -0.2) is 0 Å². The number of amides is 1. The van der Waals surface area contributed by atoms with Gasteiger partial charge in [-0.3, -0.25) is 4.79 Å². The quantitative estimate of drug-likeness (QED) is 0.874. The summed E-state index contributed by atoms with van der Waals surface area (Å²) >= 11 is 0. The van der Waals surface area contributed by atoms with Gasteiger partial charge < -0.3 is 5.32 Å². The SMILES string of the molecule is Cc1cc(C)c(C(C)NC(=O)C2CCCC2)cc1C. The van der Waals surface area contributed by atoms with Gasteiger partial charge in [0.25, 0.3) is 0 Å². The normalized spacial score (nSPS) is 17.5. The number of benzene rings is 1. The van der Waals surface area contributed by atoms with Crippen LogP contribution in [-0.4, -0.2) is 5.91 Å². The van der Waals surface area contributed by atoms with Crippen molar-refractivity contribution in [3.8, 4) is 0 Å². The lowest BCUT2D eigenvalue weighted by molar-refractivity contribution is -0.125. The molecule has 104 valence electrons. The molecule has 1 atom stereocenters. The zero-order valence-electron chi connectivity index (χ0n) is 12.5. The van der Waals surface area contributed by atoms with Crippen LogP contribution in [0.5, 0.6) is 0 Å². The summed E-state index contributed by atoms with van der Waals surface area (Å²) in [5, 5.41) is 3.19. The van der Waals surface area contributed by atoms with Gasteiger partial charge in [0.05, 0.1) is 6.04 Å². The highest BCUT2D eigenvalue weighted by Crippen LogP contribution is 2.27. The highest BCUT2D eigenvalue weighted by atomic mass is 16.1. The summed E-state index contributed by atoms with van der Waals surface area (Å²) in [5.41, 5.74) is 5.12. The minimum atomic E-state index is 0.104. The molecule has 1 aromatic carbocycles. The van der Waals surface area contributed by atoms with E-state index in [2.05, 4.69) is 45.1 Å². The molecule has 1 N–H and O–H groups in total. The second-order valence-electron chi connectivity index (χ2n) is 6.00. The third kappa shape index (κ3) is 3.17. The van der Waals surface area contributed by atoms with Crippen LogP contribution < -0.4 is 5.32 Å². The van der Waals surface area contributed by atoms with E-state index in [0.717, 1.165) is 12.8 Å². The van der Waals surface area contributed by atoms with Crippen molar-refractivity contribution in [1.29, 1.82) is 0 Å². The number of carbonyl (C=O) groups is 1. The Hall–Kier alpha value is -1.31. The number of nitrogens with one attached hydrogen (secondary N) is 1. The first-order chi connectivity index (χ1) is 8.99. The van der Waals surface area contributed by atoms with Crippen molar-refractivity contribution >= 4 is 5.91 Å². The van der Waals surface area contributed by atoms with Crippen LogP contribution in [0.15, 0.2) is 12.1 Å². The zero-order chi connectivity index (χ0) is 14.0. The van der Waals surface area contributed by atoms with E-state index in [9.17, 15) is 4.79 Å². The summed E-state index contributed by atoms with van der Waals surface area (Å²) < 4.78 is 0. The highest BCUT2D eigenvalue weighted by molar-refractivity contribution is 5.79. The Bertz CT molecular complexity index is 472.